The first kappa shape index (κ1) is 13.8. The van der Waals surface area contributed by atoms with Crippen LogP contribution in [0.15, 0.2) is 78.6 Å². The average molecular weight is 315 g/mol. The quantitative estimate of drug-likeness (QED) is 0.538. The summed E-state index contributed by atoms with van der Waals surface area (Å²) < 4.78 is 0. The minimum absolute atomic E-state index is 0.876. The molecule has 0 N–H and O–H groups in total. The number of hydrogen-bond donors (Lipinski definition) is 0. The molecule has 0 amide bonds. The number of rotatable bonds is 3. The highest BCUT2D eigenvalue weighted by Gasteiger charge is 2.09. The molecule has 0 aliphatic heterocycles. The zero-order chi connectivity index (χ0) is 15.5. The smallest absolute Gasteiger partial charge is 0.0900 e. The van der Waals surface area contributed by atoms with E-state index in [1.165, 1.54) is 4.88 Å². The molecule has 110 valence electrons. The number of hydrogen-bond acceptors (Lipinski definition) is 4. The summed E-state index contributed by atoms with van der Waals surface area (Å²) in [5, 5.41) is 2.09. The fourth-order valence-corrected chi connectivity index (χ4v) is 3.15. The van der Waals surface area contributed by atoms with Gasteiger partial charge < -0.3 is 0 Å². The largest absolute Gasteiger partial charge is 0.265 e. The zero-order valence-corrected chi connectivity index (χ0v) is 13.1. The molecule has 0 spiro atoms. The van der Waals surface area contributed by atoms with Crippen molar-refractivity contribution in [1.29, 1.82) is 0 Å². The fourth-order valence-electron chi connectivity index (χ4n) is 2.43. The second-order valence-corrected chi connectivity index (χ2v) is 6.00. The Labute approximate surface area is 138 Å². The van der Waals surface area contributed by atoms with Crippen molar-refractivity contribution >= 4 is 11.3 Å². The second kappa shape index (κ2) is 6.10. The van der Waals surface area contributed by atoms with Crippen molar-refractivity contribution in [1.82, 2.24) is 15.0 Å². The van der Waals surface area contributed by atoms with Crippen LogP contribution in [0.4, 0.5) is 0 Å². The summed E-state index contributed by atoms with van der Waals surface area (Å²) in [5.41, 5.74) is 4.89. The third-order valence-corrected chi connectivity index (χ3v) is 4.45. The van der Waals surface area contributed by atoms with E-state index >= 15 is 0 Å². The maximum Gasteiger partial charge on any atom is 0.0900 e. The Morgan fingerprint density at radius 1 is 0.696 bits per heavy atom. The predicted molar refractivity (Wildman–Crippen MR) is 94.0 cm³/mol. The van der Waals surface area contributed by atoms with Crippen LogP contribution in [-0.4, -0.2) is 15.0 Å². The average Bonchev–Trinajstić information content (AvgIpc) is 3.18. The molecular formula is C19H13N3S. The first-order valence-electron chi connectivity index (χ1n) is 7.28. The first-order valence-corrected chi connectivity index (χ1v) is 8.16. The van der Waals surface area contributed by atoms with Gasteiger partial charge >= 0.3 is 0 Å². The van der Waals surface area contributed by atoms with E-state index in [4.69, 9.17) is 4.98 Å². The van der Waals surface area contributed by atoms with E-state index in [2.05, 4.69) is 39.6 Å². The Kier molecular flexibility index (Phi) is 3.66. The number of aromatic nitrogens is 3. The van der Waals surface area contributed by atoms with E-state index in [0.29, 0.717) is 0 Å². The van der Waals surface area contributed by atoms with Crippen LogP contribution < -0.4 is 0 Å². The molecule has 0 atom stereocenters. The summed E-state index contributed by atoms with van der Waals surface area (Å²) in [5.74, 6) is 0. The SMILES string of the molecule is c1ccc(-c2cc(-c3cccs3)cc(-c3ccncc3)n2)nc1. The summed E-state index contributed by atoms with van der Waals surface area (Å²) in [6, 6.07) is 18.2. The van der Waals surface area contributed by atoms with Crippen LogP contribution in [0.25, 0.3) is 33.1 Å². The molecule has 0 unspecified atom stereocenters. The van der Waals surface area contributed by atoms with Gasteiger partial charge in [0.1, 0.15) is 0 Å². The van der Waals surface area contributed by atoms with Crippen molar-refractivity contribution in [3.05, 3.63) is 78.6 Å². The van der Waals surface area contributed by atoms with Crippen LogP contribution in [0.5, 0.6) is 0 Å². The third-order valence-electron chi connectivity index (χ3n) is 3.53. The number of pyridine rings is 3. The fraction of sp³-hybridized carbons (Fsp3) is 0. The molecule has 4 rings (SSSR count). The summed E-state index contributed by atoms with van der Waals surface area (Å²) in [7, 11) is 0. The van der Waals surface area contributed by atoms with Gasteiger partial charge in [0, 0.05) is 29.0 Å². The third kappa shape index (κ3) is 2.89. The van der Waals surface area contributed by atoms with Gasteiger partial charge in [0.15, 0.2) is 0 Å². The van der Waals surface area contributed by atoms with Gasteiger partial charge in [-0.2, -0.15) is 0 Å². The lowest BCUT2D eigenvalue weighted by molar-refractivity contribution is 1.24. The summed E-state index contributed by atoms with van der Waals surface area (Å²) >= 11 is 1.72. The zero-order valence-electron chi connectivity index (χ0n) is 12.3. The molecule has 0 aromatic carbocycles. The van der Waals surface area contributed by atoms with Gasteiger partial charge in [0.05, 0.1) is 17.1 Å². The van der Waals surface area contributed by atoms with Crippen LogP contribution >= 0.6 is 11.3 Å². The topological polar surface area (TPSA) is 38.7 Å². The Bertz CT molecular complexity index is 846. The van der Waals surface area contributed by atoms with Crippen LogP contribution in [0.2, 0.25) is 0 Å². The Hall–Kier alpha value is -2.85. The van der Waals surface area contributed by atoms with Crippen LogP contribution in [0.1, 0.15) is 0 Å². The molecule has 0 aliphatic rings. The molecule has 0 radical (unpaired) electrons. The predicted octanol–water partition coefficient (Wildman–Crippen LogP) is 4.93. The molecule has 0 aliphatic carbocycles. The summed E-state index contributed by atoms with van der Waals surface area (Å²) in [4.78, 5) is 14.5. The molecule has 4 heterocycles. The number of thiophene rings is 1. The maximum atomic E-state index is 4.80. The van der Waals surface area contributed by atoms with Crippen molar-refractivity contribution in [2.24, 2.45) is 0 Å². The van der Waals surface area contributed by atoms with E-state index in [1.807, 2.05) is 30.3 Å². The Morgan fingerprint density at radius 2 is 1.57 bits per heavy atom. The molecule has 0 saturated heterocycles. The normalized spacial score (nSPS) is 10.6. The van der Waals surface area contributed by atoms with E-state index in [0.717, 1.165) is 28.2 Å². The molecule has 0 fully saturated rings. The molecule has 23 heavy (non-hydrogen) atoms. The van der Waals surface area contributed by atoms with Crippen LogP contribution in [0, 0.1) is 0 Å². The van der Waals surface area contributed by atoms with Crippen molar-refractivity contribution in [3.8, 4) is 33.1 Å². The minimum atomic E-state index is 0.876. The second-order valence-electron chi connectivity index (χ2n) is 5.05. The van der Waals surface area contributed by atoms with Gasteiger partial charge in [-0.1, -0.05) is 12.1 Å². The molecule has 0 saturated carbocycles. The monoisotopic (exact) mass is 315 g/mol. The van der Waals surface area contributed by atoms with Crippen molar-refractivity contribution in [2.45, 2.75) is 0 Å². The van der Waals surface area contributed by atoms with Crippen molar-refractivity contribution in [2.75, 3.05) is 0 Å². The van der Waals surface area contributed by atoms with E-state index in [9.17, 15) is 0 Å². The van der Waals surface area contributed by atoms with Gasteiger partial charge in [-0.15, -0.1) is 11.3 Å². The van der Waals surface area contributed by atoms with Crippen LogP contribution in [-0.2, 0) is 0 Å². The summed E-state index contributed by atoms with van der Waals surface area (Å²) in [6.45, 7) is 0. The van der Waals surface area contributed by atoms with Crippen molar-refractivity contribution in [3.63, 3.8) is 0 Å². The van der Waals surface area contributed by atoms with Gasteiger partial charge in [-0.25, -0.2) is 4.98 Å². The maximum absolute atomic E-state index is 4.80. The molecule has 3 nitrogen and oxygen atoms in total. The lowest BCUT2D eigenvalue weighted by atomic mass is 10.1. The van der Waals surface area contributed by atoms with E-state index in [-0.39, 0.29) is 0 Å². The Morgan fingerprint density at radius 3 is 2.30 bits per heavy atom. The highest BCUT2D eigenvalue weighted by atomic mass is 32.1. The molecular weight excluding hydrogens is 302 g/mol. The molecule has 4 heteroatoms. The standard InChI is InChI=1S/C19H13N3S/c1-2-8-21-16(4-1)18-13-15(19-5-3-11-23-19)12-17(22-18)14-6-9-20-10-7-14/h1-13H. The molecule has 4 aromatic heterocycles. The van der Waals surface area contributed by atoms with E-state index in [1.54, 1.807) is 29.9 Å². The molecule has 0 bridgehead atoms. The lowest BCUT2D eigenvalue weighted by Crippen LogP contribution is -1.92. The molecule has 4 aromatic rings. The number of nitrogens with zero attached hydrogens (tertiary/aromatic N) is 3. The highest BCUT2D eigenvalue weighted by molar-refractivity contribution is 7.13. The van der Waals surface area contributed by atoms with Gasteiger partial charge in [0.25, 0.3) is 0 Å². The van der Waals surface area contributed by atoms with Crippen LogP contribution in [0.3, 0.4) is 0 Å². The summed E-state index contributed by atoms with van der Waals surface area (Å²) in [6.07, 6.45) is 5.37. The first-order chi connectivity index (χ1) is 11.4. The van der Waals surface area contributed by atoms with E-state index < -0.39 is 0 Å². The van der Waals surface area contributed by atoms with Crippen molar-refractivity contribution < 1.29 is 0 Å². The highest BCUT2D eigenvalue weighted by Crippen LogP contribution is 2.31. The van der Waals surface area contributed by atoms with Gasteiger partial charge in [0.2, 0.25) is 0 Å². The van der Waals surface area contributed by atoms with Gasteiger partial charge in [-0.3, -0.25) is 9.97 Å². The van der Waals surface area contributed by atoms with Gasteiger partial charge in [-0.05, 0) is 53.4 Å². The lowest BCUT2D eigenvalue weighted by Gasteiger charge is -2.08. The Balaban J connectivity index is 1.91. The minimum Gasteiger partial charge on any atom is -0.265 e.